The van der Waals surface area contributed by atoms with Gasteiger partial charge in [-0.2, -0.15) is 0 Å². The maximum absolute atomic E-state index is 12.0. The van der Waals surface area contributed by atoms with Gasteiger partial charge in [0.05, 0.1) is 17.3 Å². The Bertz CT molecular complexity index is 710. The second-order valence-corrected chi connectivity index (χ2v) is 4.71. The molecular formula is C12H14N4O2. The minimum atomic E-state index is -0.427. The molecule has 1 aliphatic rings. The molecule has 94 valence electrons. The highest BCUT2D eigenvalue weighted by atomic mass is 16.2. The van der Waals surface area contributed by atoms with Crippen molar-refractivity contribution in [1.82, 2.24) is 14.5 Å². The van der Waals surface area contributed by atoms with Crippen LogP contribution in [0, 0.1) is 0 Å². The van der Waals surface area contributed by atoms with Gasteiger partial charge in [-0.25, -0.2) is 9.78 Å². The molecule has 18 heavy (non-hydrogen) atoms. The van der Waals surface area contributed by atoms with Gasteiger partial charge in [-0.3, -0.25) is 14.3 Å². The number of nitrogens with zero attached hydrogens (tertiary/aromatic N) is 2. The topological polar surface area (TPSA) is 93.8 Å². The van der Waals surface area contributed by atoms with Gasteiger partial charge in [0.1, 0.15) is 5.65 Å². The lowest BCUT2D eigenvalue weighted by molar-refractivity contribution is 0.505. The summed E-state index contributed by atoms with van der Waals surface area (Å²) in [6.45, 7) is 0. The van der Waals surface area contributed by atoms with Crippen molar-refractivity contribution < 1.29 is 0 Å². The summed E-state index contributed by atoms with van der Waals surface area (Å²) in [7, 11) is 0. The van der Waals surface area contributed by atoms with Gasteiger partial charge >= 0.3 is 5.69 Å². The molecule has 2 aromatic heterocycles. The highest BCUT2D eigenvalue weighted by Gasteiger charge is 2.21. The van der Waals surface area contributed by atoms with Crippen molar-refractivity contribution >= 4 is 16.7 Å². The molecule has 0 atom stereocenters. The van der Waals surface area contributed by atoms with Crippen LogP contribution in [0.3, 0.4) is 0 Å². The molecule has 2 heterocycles. The fourth-order valence-electron chi connectivity index (χ4n) is 2.65. The second-order valence-electron chi connectivity index (χ2n) is 4.71. The van der Waals surface area contributed by atoms with E-state index in [9.17, 15) is 9.59 Å². The van der Waals surface area contributed by atoms with E-state index in [4.69, 9.17) is 5.73 Å². The third-order valence-electron chi connectivity index (χ3n) is 3.49. The average molecular weight is 246 g/mol. The van der Waals surface area contributed by atoms with Crippen LogP contribution in [0.4, 0.5) is 5.69 Å². The van der Waals surface area contributed by atoms with Gasteiger partial charge in [0.25, 0.3) is 5.56 Å². The quantitative estimate of drug-likeness (QED) is 0.777. The summed E-state index contributed by atoms with van der Waals surface area (Å²) in [4.78, 5) is 30.2. The highest BCUT2D eigenvalue weighted by Crippen LogP contribution is 2.29. The predicted octanol–water partition coefficient (Wildman–Crippen LogP) is 0.782. The fourth-order valence-corrected chi connectivity index (χ4v) is 2.65. The van der Waals surface area contributed by atoms with Crippen LogP contribution in [0.25, 0.3) is 11.0 Å². The number of fused-ring (bicyclic) bond motifs is 1. The zero-order chi connectivity index (χ0) is 12.7. The lowest BCUT2D eigenvalue weighted by Crippen LogP contribution is -2.32. The maximum Gasteiger partial charge on any atom is 0.330 e. The average Bonchev–Trinajstić information content (AvgIpc) is 2.83. The van der Waals surface area contributed by atoms with Crippen molar-refractivity contribution in [2.24, 2.45) is 0 Å². The molecule has 0 bridgehead atoms. The number of nitrogens with one attached hydrogen (secondary N) is 1. The molecular weight excluding hydrogens is 232 g/mol. The number of nitrogen functional groups attached to an aromatic ring is 1. The van der Waals surface area contributed by atoms with E-state index in [0.29, 0.717) is 16.7 Å². The van der Waals surface area contributed by atoms with Crippen molar-refractivity contribution in [3.05, 3.63) is 33.1 Å². The van der Waals surface area contributed by atoms with E-state index in [0.717, 1.165) is 25.7 Å². The number of aromatic amines is 1. The Kier molecular flexibility index (Phi) is 2.43. The predicted molar refractivity (Wildman–Crippen MR) is 68.5 cm³/mol. The van der Waals surface area contributed by atoms with Crippen molar-refractivity contribution in [1.29, 1.82) is 0 Å². The summed E-state index contributed by atoms with van der Waals surface area (Å²) in [5.74, 6) is 0. The van der Waals surface area contributed by atoms with Crippen LogP contribution in [-0.4, -0.2) is 14.5 Å². The summed E-state index contributed by atoms with van der Waals surface area (Å²) in [6, 6.07) is 1.69. The Morgan fingerprint density at radius 3 is 2.78 bits per heavy atom. The molecule has 0 aliphatic heterocycles. The molecule has 0 aromatic carbocycles. The molecule has 3 N–H and O–H groups in total. The Morgan fingerprint density at radius 1 is 1.33 bits per heavy atom. The number of hydrogen-bond acceptors (Lipinski definition) is 4. The van der Waals surface area contributed by atoms with E-state index in [1.807, 2.05) is 0 Å². The van der Waals surface area contributed by atoms with Gasteiger partial charge in [0.15, 0.2) is 0 Å². The van der Waals surface area contributed by atoms with Crippen molar-refractivity contribution in [3.8, 4) is 0 Å². The fraction of sp³-hybridized carbons (Fsp3) is 0.417. The molecule has 0 radical (unpaired) electrons. The van der Waals surface area contributed by atoms with Crippen LogP contribution in [0.15, 0.2) is 21.9 Å². The van der Waals surface area contributed by atoms with Gasteiger partial charge in [-0.15, -0.1) is 0 Å². The van der Waals surface area contributed by atoms with Crippen LogP contribution in [0.5, 0.6) is 0 Å². The van der Waals surface area contributed by atoms with Crippen LogP contribution < -0.4 is 17.0 Å². The van der Waals surface area contributed by atoms with E-state index in [-0.39, 0.29) is 11.7 Å². The third-order valence-corrected chi connectivity index (χ3v) is 3.49. The number of H-pyrrole nitrogens is 1. The molecule has 0 saturated heterocycles. The minimum absolute atomic E-state index is 0.132. The highest BCUT2D eigenvalue weighted by molar-refractivity contribution is 5.77. The number of anilines is 1. The van der Waals surface area contributed by atoms with E-state index in [1.54, 1.807) is 10.6 Å². The Morgan fingerprint density at radius 2 is 2.06 bits per heavy atom. The second kappa shape index (κ2) is 3.97. The van der Waals surface area contributed by atoms with Crippen LogP contribution in [0.2, 0.25) is 0 Å². The molecule has 0 unspecified atom stereocenters. The lowest BCUT2D eigenvalue weighted by atomic mass is 10.2. The first-order valence-corrected chi connectivity index (χ1v) is 6.07. The number of pyridine rings is 1. The minimum Gasteiger partial charge on any atom is -0.397 e. The van der Waals surface area contributed by atoms with Crippen LogP contribution >= 0.6 is 0 Å². The molecule has 0 amide bonds. The number of hydrogen-bond donors (Lipinski definition) is 2. The lowest BCUT2D eigenvalue weighted by Gasteiger charge is -2.14. The number of nitrogens with two attached hydrogens (primary N) is 1. The molecule has 2 aromatic rings. The van der Waals surface area contributed by atoms with Gasteiger partial charge in [-0.1, -0.05) is 12.8 Å². The summed E-state index contributed by atoms with van der Waals surface area (Å²) in [5.41, 5.74) is 5.68. The van der Waals surface area contributed by atoms with Gasteiger partial charge in [0.2, 0.25) is 0 Å². The van der Waals surface area contributed by atoms with Crippen LogP contribution in [-0.2, 0) is 0 Å². The Balaban J connectivity index is 2.36. The monoisotopic (exact) mass is 246 g/mol. The van der Waals surface area contributed by atoms with Crippen LogP contribution in [0.1, 0.15) is 31.7 Å². The van der Waals surface area contributed by atoms with Crippen molar-refractivity contribution in [3.63, 3.8) is 0 Å². The number of rotatable bonds is 1. The summed E-state index contributed by atoms with van der Waals surface area (Å²) in [5, 5.41) is 0.376. The largest absolute Gasteiger partial charge is 0.397 e. The first-order valence-electron chi connectivity index (χ1n) is 6.07. The number of aromatic nitrogens is 3. The zero-order valence-electron chi connectivity index (χ0n) is 9.85. The smallest absolute Gasteiger partial charge is 0.330 e. The normalized spacial score (nSPS) is 16.4. The first-order chi connectivity index (χ1) is 8.66. The van der Waals surface area contributed by atoms with E-state index in [1.165, 1.54) is 6.20 Å². The summed E-state index contributed by atoms with van der Waals surface area (Å²) >= 11 is 0. The Hall–Kier alpha value is -2.11. The Labute approximate surface area is 102 Å². The summed E-state index contributed by atoms with van der Waals surface area (Å²) in [6.07, 6.45) is 5.59. The van der Waals surface area contributed by atoms with E-state index in [2.05, 4.69) is 9.97 Å². The zero-order valence-corrected chi connectivity index (χ0v) is 9.85. The standard InChI is InChI=1S/C12H14N4O2/c13-7-5-9-10(14-6-7)16(8-3-1-2-4-8)12(18)15-11(9)17/h5-6,8H,1-4,13H2,(H,15,17,18). The third kappa shape index (κ3) is 1.61. The molecule has 0 spiro atoms. The van der Waals surface area contributed by atoms with Gasteiger partial charge < -0.3 is 5.73 Å². The van der Waals surface area contributed by atoms with Gasteiger partial charge in [0, 0.05) is 6.04 Å². The SMILES string of the molecule is Nc1cnc2c(c1)c(=O)[nH]c(=O)n2C1CCCC1. The summed E-state index contributed by atoms with van der Waals surface area (Å²) < 4.78 is 1.60. The first kappa shape index (κ1) is 11.0. The molecule has 1 saturated carbocycles. The maximum atomic E-state index is 12.0. The van der Waals surface area contributed by atoms with Crippen molar-refractivity contribution in [2.45, 2.75) is 31.7 Å². The van der Waals surface area contributed by atoms with Gasteiger partial charge in [-0.05, 0) is 18.9 Å². The van der Waals surface area contributed by atoms with Crippen molar-refractivity contribution in [2.75, 3.05) is 5.73 Å². The van der Waals surface area contributed by atoms with E-state index >= 15 is 0 Å². The molecule has 3 rings (SSSR count). The molecule has 6 heteroatoms. The molecule has 1 aliphatic carbocycles. The molecule has 6 nitrogen and oxygen atoms in total. The molecule has 1 fully saturated rings. The van der Waals surface area contributed by atoms with E-state index < -0.39 is 5.56 Å².